The van der Waals surface area contributed by atoms with Crippen LogP contribution in [0.15, 0.2) is 53.4 Å². The smallest absolute Gasteiger partial charge is 0.242 e. The van der Waals surface area contributed by atoms with Crippen LogP contribution in [0.25, 0.3) is 0 Å². The normalized spacial score (nSPS) is 10.9. The number of rotatable bonds is 7. The fraction of sp³-hybridized carbons (Fsp3) is 0.176. The first kappa shape index (κ1) is 18.9. The highest BCUT2D eigenvalue weighted by Gasteiger charge is 2.17. The van der Waals surface area contributed by atoms with Crippen LogP contribution in [0.2, 0.25) is 5.02 Å². The molecule has 6 nitrogen and oxygen atoms in total. The second kappa shape index (κ2) is 8.62. The van der Waals surface area contributed by atoms with E-state index in [4.69, 9.17) is 16.9 Å². The highest BCUT2D eigenvalue weighted by Crippen LogP contribution is 2.19. The molecule has 0 bridgehead atoms. The van der Waals surface area contributed by atoms with Crippen molar-refractivity contribution >= 4 is 27.5 Å². The number of halogens is 1. The molecular weight excluding hydrogens is 362 g/mol. The lowest BCUT2D eigenvalue weighted by Crippen LogP contribution is -2.30. The molecule has 0 saturated heterocycles. The minimum Gasteiger partial charge on any atom is -0.352 e. The summed E-state index contributed by atoms with van der Waals surface area (Å²) in [6.45, 7) is 0.225. The molecule has 0 aliphatic heterocycles. The van der Waals surface area contributed by atoms with Gasteiger partial charge >= 0.3 is 0 Å². The maximum Gasteiger partial charge on any atom is 0.242 e. The summed E-state index contributed by atoms with van der Waals surface area (Å²) in [5.74, 6) is -0.302. The Bertz CT molecular complexity index is 907. The van der Waals surface area contributed by atoms with E-state index >= 15 is 0 Å². The van der Waals surface area contributed by atoms with Gasteiger partial charge in [0.05, 0.1) is 16.7 Å². The molecule has 0 unspecified atom stereocenters. The van der Waals surface area contributed by atoms with E-state index in [1.807, 2.05) is 6.07 Å². The van der Waals surface area contributed by atoms with Crippen LogP contribution in [0.1, 0.15) is 17.5 Å². The van der Waals surface area contributed by atoms with Crippen LogP contribution < -0.4 is 10.0 Å². The first-order valence-corrected chi connectivity index (χ1v) is 9.28. The van der Waals surface area contributed by atoms with Gasteiger partial charge in [0.15, 0.2) is 0 Å². The van der Waals surface area contributed by atoms with E-state index in [1.54, 1.807) is 36.4 Å². The zero-order valence-corrected chi connectivity index (χ0v) is 14.8. The second-order valence-corrected chi connectivity index (χ2v) is 7.31. The fourth-order valence-electron chi connectivity index (χ4n) is 2.08. The Morgan fingerprint density at radius 3 is 2.64 bits per heavy atom. The van der Waals surface area contributed by atoms with E-state index in [-0.39, 0.29) is 35.3 Å². The van der Waals surface area contributed by atoms with Crippen molar-refractivity contribution < 1.29 is 13.2 Å². The molecule has 0 aromatic heterocycles. The van der Waals surface area contributed by atoms with Gasteiger partial charge < -0.3 is 5.32 Å². The van der Waals surface area contributed by atoms with Gasteiger partial charge in [0.25, 0.3) is 0 Å². The number of nitriles is 1. The zero-order valence-electron chi connectivity index (χ0n) is 13.2. The summed E-state index contributed by atoms with van der Waals surface area (Å²) in [7, 11) is -3.76. The number of benzene rings is 2. The number of carbonyl (C=O) groups is 1. The molecule has 2 aromatic rings. The van der Waals surface area contributed by atoms with E-state index in [9.17, 15) is 13.2 Å². The van der Waals surface area contributed by atoms with E-state index in [2.05, 4.69) is 10.0 Å². The van der Waals surface area contributed by atoms with Gasteiger partial charge in [-0.1, -0.05) is 35.9 Å². The van der Waals surface area contributed by atoms with Crippen LogP contribution >= 0.6 is 11.6 Å². The lowest BCUT2D eigenvalue weighted by molar-refractivity contribution is -0.121. The Labute approximate surface area is 151 Å². The van der Waals surface area contributed by atoms with E-state index < -0.39 is 10.0 Å². The largest absolute Gasteiger partial charge is 0.352 e. The minimum absolute atomic E-state index is 0.0123. The molecule has 1 amide bonds. The molecule has 0 atom stereocenters. The summed E-state index contributed by atoms with van der Waals surface area (Å²) < 4.78 is 26.6. The maximum atomic E-state index is 12.1. The van der Waals surface area contributed by atoms with Gasteiger partial charge in [0, 0.05) is 19.5 Å². The molecule has 2 aromatic carbocycles. The maximum absolute atomic E-state index is 12.1. The van der Waals surface area contributed by atoms with Gasteiger partial charge in [-0.15, -0.1) is 0 Å². The molecule has 0 aliphatic carbocycles. The molecule has 0 saturated carbocycles. The third-order valence-corrected chi connectivity index (χ3v) is 5.28. The Hall–Kier alpha value is -2.40. The Morgan fingerprint density at radius 1 is 1.16 bits per heavy atom. The van der Waals surface area contributed by atoms with Crippen molar-refractivity contribution in [2.45, 2.75) is 17.9 Å². The Kier molecular flexibility index (Phi) is 6.53. The third kappa shape index (κ3) is 5.57. The Morgan fingerprint density at radius 2 is 1.92 bits per heavy atom. The molecule has 2 N–H and O–H groups in total. The van der Waals surface area contributed by atoms with Crippen molar-refractivity contribution in [3.63, 3.8) is 0 Å². The lowest BCUT2D eigenvalue weighted by atomic mass is 10.1. The quantitative estimate of drug-likeness (QED) is 0.772. The minimum atomic E-state index is -3.76. The van der Waals surface area contributed by atoms with Crippen molar-refractivity contribution in [2.75, 3.05) is 6.54 Å². The van der Waals surface area contributed by atoms with E-state index in [1.165, 1.54) is 12.1 Å². The molecule has 2 rings (SSSR count). The van der Waals surface area contributed by atoms with Gasteiger partial charge in [-0.05, 0) is 29.8 Å². The Balaban J connectivity index is 1.82. The molecule has 0 radical (unpaired) electrons. The topological polar surface area (TPSA) is 99.1 Å². The summed E-state index contributed by atoms with van der Waals surface area (Å²) in [4.78, 5) is 11.8. The van der Waals surface area contributed by atoms with E-state index in [0.717, 1.165) is 5.56 Å². The zero-order chi connectivity index (χ0) is 18.3. The number of hydrogen-bond donors (Lipinski definition) is 2. The predicted molar refractivity (Wildman–Crippen MR) is 94.3 cm³/mol. The van der Waals surface area contributed by atoms with Gasteiger partial charge in [0.1, 0.15) is 4.90 Å². The van der Waals surface area contributed by atoms with Crippen LogP contribution in [-0.4, -0.2) is 20.9 Å². The van der Waals surface area contributed by atoms with Crippen molar-refractivity contribution in [3.05, 3.63) is 64.7 Å². The molecular formula is C17H16ClN3O3S. The van der Waals surface area contributed by atoms with Crippen molar-refractivity contribution in [1.29, 1.82) is 5.26 Å². The summed E-state index contributed by atoms with van der Waals surface area (Å²) in [6.07, 6.45) is -0.0123. The molecule has 130 valence electrons. The third-order valence-electron chi connectivity index (χ3n) is 3.32. The number of carbonyl (C=O) groups excluding carboxylic acids is 1. The SMILES string of the molecule is N#Cc1cccc(CNC(=O)CCNS(=O)(=O)c2ccccc2Cl)c1. The average molecular weight is 378 g/mol. The highest BCUT2D eigenvalue weighted by atomic mass is 35.5. The van der Waals surface area contributed by atoms with Crippen LogP contribution in [0, 0.1) is 11.3 Å². The standard InChI is InChI=1S/C17H16ClN3O3S/c18-15-6-1-2-7-16(15)25(23,24)21-9-8-17(22)20-12-14-5-3-4-13(10-14)11-19/h1-7,10,21H,8-9,12H2,(H,20,22). The summed E-state index contributed by atoms with van der Waals surface area (Å²) >= 11 is 5.87. The number of hydrogen-bond acceptors (Lipinski definition) is 4. The van der Waals surface area contributed by atoms with Crippen molar-refractivity contribution in [3.8, 4) is 6.07 Å². The molecule has 0 fully saturated rings. The lowest BCUT2D eigenvalue weighted by Gasteiger charge is -2.09. The van der Waals surface area contributed by atoms with Gasteiger partial charge in [-0.2, -0.15) is 5.26 Å². The summed E-state index contributed by atoms with van der Waals surface area (Å²) in [6, 6.07) is 15.0. The van der Waals surface area contributed by atoms with E-state index in [0.29, 0.717) is 5.56 Å². The van der Waals surface area contributed by atoms with Crippen LogP contribution in [-0.2, 0) is 21.4 Å². The fourth-order valence-corrected chi connectivity index (χ4v) is 3.63. The molecule has 25 heavy (non-hydrogen) atoms. The van der Waals surface area contributed by atoms with Crippen molar-refractivity contribution in [1.82, 2.24) is 10.0 Å². The average Bonchev–Trinajstić information content (AvgIpc) is 2.60. The van der Waals surface area contributed by atoms with Crippen molar-refractivity contribution in [2.24, 2.45) is 0 Å². The second-order valence-electron chi connectivity index (χ2n) is 5.17. The van der Waals surface area contributed by atoms with Gasteiger partial charge in [-0.25, -0.2) is 13.1 Å². The number of amides is 1. The molecule has 0 spiro atoms. The summed E-state index contributed by atoms with van der Waals surface area (Å²) in [5.41, 5.74) is 1.31. The first-order valence-electron chi connectivity index (χ1n) is 7.42. The number of nitrogens with one attached hydrogen (secondary N) is 2. The van der Waals surface area contributed by atoms with Crippen LogP contribution in [0.3, 0.4) is 0 Å². The number of sulfonamides is 1. The van der Waals surface area contributed by atoms with Crippen LogP contribution in [0.4, 0.5) is 0 Å². The van der Waals surface area contributed by atoms with Gasteiger partial charge in [-0.3, -0.25) is 4.79 Å². The summed E-state index contributed by atoms with van der Waals surface area (Å²) in [5, 5.41) is 11.6. The number of nitrogens with zero attached hydrogens (tertiary/aromatic N) is 1. The van der Waals surface area contributed by atoms with Gasteiger partial charge in [0.2, 0.25) is 15.9 Å². The predicted octanol–water partition coefficient (Wildman–Crippen LogP) is 2.20. The molecule has 0 aliphatic rings. The van der Waals surface area contributed by atoms with Crippen LogP contribution in [0.5, 0.6) is 0 Å². The molecule has 8 heteroatoms. The molecule has 0 heterocycles. The first-order chi connectivity index (χ1) is 11.9. The monoisotopic (exact) mass is 377 g/mol. The highest BCUT2D eigenvalue weighted by molar-refractivity contribution is 7.89.